The molecule has 5 nitrogen and oxygen atoms in total. The maximum Gasteiger partial charge on any atom is 0.251 e. The van der Waals surface area contributed by atoms with Crippen molar-refractivity contribution in [3.05, 3.63) is 29.8 Å². The minimum atomic E-state index is -0.129. The Balaban J connectivity index is 2.01. The van der Waals surface area contributed by atoms with Crippen molar-refractivity contribution in [2.75, 3.05) is 25.2 Å². The van der Waals surface area contributed by atoms with Gasteiger partial charge in [0.1, 0.15) is 0 Å². The van der Waals surface area contributed by atoms with Crippen molar-refractivity contribution in [2.24, 2.45) is 0 Å². The van der Waals surface area contributed by atoms with E-state index < -0.39 is 0 Å². The summed E-state index contributed by atoms with van der Waals surface area (Å²) in [5.41, 5.74) is 1.45. The van der Waals surface area contributed by atoms with Gasteiger partial charge >= 0.3 is 0 Å². The fourth-order valence-electron chi connectivity index (χ4n) is 2.47. The zero-order valence-corrected chi connectivity index (χ0v) is 12.6. The molecule has 1 heterocycles. The topological polar surface area (TPSA) is 58.6 Å². The van der Waals surface area contributed by atoms with E-state index in [0.29, 0.717) is 18.6 Å². The van der Waals surface area contributed by atoms with Gasteiger partial charge in [-0.1, -0.05) is 0 Å². The first-order valence-electron chi connectivity index (χ1n) is 7.32. The second-order valence-electron chi connectivity index (χ2n) is 5.38. The van der Waals surface area contributed by atoms with Crippen LogP contribution in [0.15, 0.2) is 24.3 Å². The van der Waals surface area contributed by atoms with Gasteiger partial charge in [0.2, 0.25) is 5.91 Å². The molecule has 0 saturated carbocycles. The van der Waals surface area contributed by atoms with Gasteiger partial charge < -0.3 is 15.0 Å². The van der Waals surface area contributed by atoms with Gasteiger partial charge in [0.25, 0.3) is 5.91 Å². The molecule has 0 spiro atoms. The fourth-order valence-corrected chi connectivity index (χ4v) is 2.47. The number of amides is 2. The molecular formula is C16H22N2O3. The number of nitrogens with zero attached hydrogens (tertiary/aromatic N) is 1. The molecule has 0 radical (unpaired) electrons. The van der Waals surface area contributed by atoms with Crippen molar-refractivity contribution in [3.63, 3.8) is 0 Å². The van der Waals surface area contributed by atoms with Crippen LogP contribution in [-0.2, 0) is 9.53 Å². The van der Waals surface area contributed by atoms with Gasteiger partial charge in [-0.05, 0) is 44.0 Å². The van der Waals surface area contributed by atoms with Crippen LogP contribution in [0.1, 0.15) is 36.5 Å². The van der Waals surface area contributed by atoms with Gasteiger partial charge in [0.15, 0.2) is 0 Å². The van der Waals surface area contributed by atoms with Gasteiger partial charge in [-0.25, -0.2) is 0 Å². The number of ether oxygens (including phenoxy) is 1. The van der Waals surface area contributed by atoms with Crippen LogP contribution < -0.4 is 10.2 Å². The molecule has 0 aromatic heterocycles. The summed E-state index contributed by atoms with van der Waals surface area (Å²) in [6, 6.07) is 7.14. The lowest BCUT2D eigenvalue weighted by Gasteiger charge is -2.26. The van der Waals surface area contributed by atoms with Gasteiger partial charge in [0, 0.05) is 37.4 Å². The maximum absolute atomic E-state index is 12.0. The van der Waals surface area contributed by atoms with Crippen LogP contribution >= 0.6 is 0 Å². The van der Waals surface area contributed by atoms with Crippen LogP contribution in [0.4, 0.5) is 5.69 Å². The Hall–Kier alpha value is -1.88. The Bertz CT molecular complexity index is 499. The summed E-state index contributed by atoms with van der Waals surface area (Å²) in [6.07, 6.45) is 2.60. The quantitative estimate of drug-likeness (QED) is 0.902. The van der Waals surface area contributed by atoms with E-state index >= 15 is 0 Å². The fraction of sp³-hybridized carbons (Fsp3) is 0.500. The van der Waals surface area contributed by atoms with E-state index in [0.717, 1.165) is 25.1 Å². The molecule has 1 aliphatic rings. The zero-order chi connectivity index (χ0) is 15.2. The molecule has 1 atom stereocenters. The number of carbonyl (C=O) groups is 2. The second-order valence-corrected chi connectivity index (χ2v) is 5.38. The number of hydrogen-bond donors (Lipinski definition) is 1. The van der Waals surface area contributed by atoms with Crippen molar-refractivity contribution in [1.82, 2.24) is 5.32 Å². The molecule has 1 aromatic rings. The van der Waals surface area contributed by atoms with Crippen LogP contribution in [0.25, 0.3) is 0 Å². The molecule has 114 valence electrons. The third-order valence-electron chi connectivity index (χ3n) is 3.56. The van der Waals surface area contributed by atoms with E-state index in [1.807, 2.05) is 19.1 Å². The Morgan fingerprint density at radius 1 is 1.33 bits per heavy atom. The predicted octanol–water partition coefficient (Wildman–Crippen LogP) is 1.97. The third kappa shape index (κ3) is 4.04. The lowest BCUT2D eigenvalue weighted by Crippen LogP contribution is -2.36. The predicted molar refractivity (Wildman–Crippen MR) is 81.5 cm³/mol. The molecule has 1 aliphatic heterocycles. The highest BCUT2D eigenvalue weighted by molar-refractivity contribution is 5.97. The second kappa shape index (κ2) is 7.22. The minimum absolute atomic E-state index is 0.0363. The average Bonchev–Trinajstić information content (AvgIpc) is 2.48. The average molecular weight is 290 g/mol. The van der Waals surface area contributed by atoms with E-state index in [1.54, 1.807) is 24.1 Å². The molecule has 1 saturated heterocycles. The normalized spacial score (nSPS) is 16.7. The molecule has 1 aromatic carbocycles. The number of nitrogens with one attached hydrogen (secondary N) is 1. The van der Waals surface area contributed by atoms with Crippen molar-refractivity contribution in [1.29, 1.82) is 0 Å². The molecule has 21 heavy (non-hydrogen) atoms. The van der Waals surface area contributed by atoms with Crippen LogP contribution in [-0.4, -0.2) is 38.1 Å². The van der Waals surface area contributed by atoms with Crippen molar-refractivity contribution < 1.29 is 14.3 Å². The van der Waals surface area contributed by atoms with Gasteiger partial charge in [-0.3, -0.25) is 9.59 Å². The smallest absolute Gasteiger partial charge is 0.251 e. The highest BCUT2D eigenvalue weighted by atomic mass is 16.5. The SMILES string of the molecule is COCC(C)NC(=O)c1ccc(N2CCCCC2=O)cc1. The maximum atomic E-state index is 12.0. The summed E-state index contributed by atoms with van der Waals surface area (Å²) < 4.78 is 4.99. The van der Waals surface area contributed by atoms with Crippen LogP contribution in [0, 0.1) is 0 Å². The molecule has 1 N–H and O–H groups in total. The Morgan fingerprint density at radius 2 is 2.05 bits per heavy atom. The van der Waals surface area contributed by atoms with Crippen LogP contribution in [0.5, 0.6) is 0 Å². The summed E-state index contributed by atoms with van der Waals surface area (Å²) in [4.78, 5) is 25.7. The monoisotopic (exact) mass is 290 g/mol. The summed E-state index contributed by atoms with van der Waals surface area (Å²) in [7, 11) is 1.60. The molecule has 0 bridgehead atoms. The molecule has 5 heteroatoms. The van der Waals surface area contributed by atoms with Crippen LogP contribution in [0.3, 0.4) is 0 Å². The first-order chi connectivity index (χ1) is 10.1. The van der Waals surface area contributed by atoms with Crippen molar-refractivity contribution >= 4 is 17.5 Å². The Labute approximate surface area is 125 Å². The minimum Gasteiger partial charge on any atom is -0.383 e. The Morgan fingerprint density at radius 3 is 2.67 bits per heavy atom. The van der Waals surface area contributed by atoms with Crippen molar-refractivity contribution in [3.8, 4) is 0 Å². The standard InChI is InChI=1S/C16H22N2O3/c1-12(11-21-2)17-16(20)13-6-8-14(9-7-13)18-10-4-3-5-15(18)19/h6-9,12H,3-5,10-11H2,1-2H3,(H,17,20). The van der Waals surface area contributed by atoms with Gasteiger partial charge in [-0.2, -0.15) is 0 Å². The summed E-state index contributed by atoms with van der Waals surface area (Å²) in [5, 5.41) is 2.86. The largest absolute Gasteiger partial charge is 0.383 e. The first kappa shape index (κ1) is 15.5. The lowest BCUT2D eigenvalue weighted by molar-refractivity contribution is -0.119. The molecule has 2 rings (SSSR count). The number of rotatable bonds is 5. The number of methoxy groups -OCH3 is 1. The molecule has 2 amide bonds. The van der Waals surface area contributed by atoms with Gasteiger partial charge in [0.05, 0.1) is 6.61 Å². The highest BCUT2D eigenvalue weighted by Crippen LogP contribution is 2.21. The summed E-state index contributed by atoms with van der Waals surface area (Å²) >= 11 is 0. The van der Waals surface area contributed by atoms with E-state index in [1.165, 1.54) is 0 Å². The van der Waals surface area contributed by atoms with E-state index in [4.69, 9.17) is 4.74 Å². The highest BCUT2D eigenvalue weighted by Gasteiger charge is 2.19. The molecule has 0 aliphatic carbocycles. The number of benzene rings is 1. The number of anilines is 1. The summed E-state index contributed by atoms with van der Waals surface area (Å²) in [6.45, 7) is 3.13. The van der Waals surface area contributed by atoms with Gasteiger partial charge in [-0.15, -0.1) is 0 Å². The molecule has 1 unspecified atom stereocenters. The first-order valence-corrected chi connectivity index (χ1v) is 7.32. The van der Waals surface area contributed by atoms with Crippen molar-refractivity contribution in [2.45, 2.75) is 32.2 Å². The number of piperidine rings is 1. The zero-order valence-electron chi connectivity index (χ0n) is 12.6. The lowest BCUT2D eigenvalue weighted by atomic mass is 10.1. The van der Waals surface area contributed by atoms with E-state index in [2.05, 4.69) is 5.32 Å². The third-order valence-corrected chi connectivity index (χ3v) is 3.56. The van der Waals surface area contributed by atoms with Crippen LogP contribution in [0.2, 0.25) is 0 Å². The van der Waals surface area contributed by atoms with E-state index in [-0.39, 0.29) is 17.9 Å². The summed E-state index contributed by atoms with van der Waals surface area (Å²) in [5.74, 6) is 0.0308. The number of hydrogen-bond acceptors (Lipinski definition) is 3. The molecular weight excluding hydrogens is 268 g/mol. The van der Waals surface area contributed by atoms with E-state index in [9.17, 15) is 9.59 Å². The Kier molecular flexibility index (Phi) is 5.33. The number of carbonyl (C=O) groups excluding carboxylic acids is 2. The molecule has 1 fully saturated rings.